The molecule has 10 N–H and O–H groups in total. The molecule has 0 aliphatic carbocycles. The van der Waals surface area contributed by atoms with Crippen LogP contribution in [0, 0.1) is 0 Å². The number of ether oxygens (including phenoxy) is 2. The topological polar surface area (TPSA) is 289 Å². The number of nitrogens with zero attached hydrogens (tertiary/aromatic N) is 1. The molecule has 1 rings (SSSR count). The fraction of sp³-hybridized carbons (Fsp3) is 0.583. The highest BCUT2D eigenvalue weighted by molar-refractivity contribution is 7.99. The van der Waals surface area contributed by atoms with Crippen LogP contribution in [0.4, 0.5) is 0 Å². The van der Waals surface area contributed by atoms with Gasteiger partial charge in [-0.15, -0.1) is 11.8 Å². The van der Waals surface area contributed by atoms with Crippen molar-refractivity contribution in [1.29, 1.82) is 0 Å². The molecule has 1 heterocycles. The van der Waals surface area contributed by atoms with Crippen LogP contribution >= 0.6 is 11.8 Å². The number of amides is 3. The van der Waals surface area contributed by atoms with Crippen LogP contribution in [-0.4, -0.2) is 123 Å². The summed E-state index contributed by atoms with van der Waals surface area (Å²) in [6.07, 6.45) is -0.755. The quantitative estimate of drug-likeness (QED) is 0.0459. The number of nitrogens with one attached hydrogen (secondary N) is 3. The molecule has 3 amide bonds. The molecule has 0 aromatic carbocycles. The summed E-state index contributed by atoms with van der Waals surface area (Å²) in [5, 5.41) is 54.1. The summed E-state index contributed by atoms with van der Waals surface area (Å²) < 4.78 is 11.4. The summed E-state index contributed by atoms with van der Waals surface area (Å²) >= 11 is 0.857. The van der Waals surface area contributed by atoms with Crippen LogP contribution in [0.15, 0.2) is 11.0 Å². The van der Waals surface area contributed by atoms with Crippen LogP contribution in [0.25, 0.3) is 0 Å². The number of nitrogens with two attached hydrogens (primary N) is 1. The van der Waals surface area contributed by atoms with Gasteiger partial charge in [-0.3, -0.25) is 33.3 Å². The van der Waals surface area contributed by atoms with Crippen LogP contribution in [0.5, 0.6) is 11.8 Å². The van der Waals surface area contributed by atoms with Gasteiger partial charge in [0.15, 0.2) is 5.88 Å². The Labute approximate surface area is 249 Å². The van der Waals surface area contributed by atoms with E-state index in [-0.39, 0.29) is 81.7 Å². The zero-order chi connectivity index (χ0) is 32.4. The molecule has 0 spiro atoms. The third-order valence-electron chi connectivity index (χ3n) is 5.45. The molecule has 1 aromatic heterocycles. The fourth-order valence-electron chi connectivity index (χ4n) is 3.19. The van der Waals surface area contributed by atoms with E-state index >= 15 is 0 Å². The molecule has 0 bridgehead atoms. The number of hydrogen-bond donors (Lipinski definition) is 9. The molecule has 0 fully saturated rings. The number of aromatic nitrogens is 1. The summed E-state index contributed by atoms with van der Waals surface area (Å²) in [7, 11) is 0. The summed E-state index contributed by atoms with van der Waals surface area (Å²) in [6.45, 7) is 0.0165. The van der Waals surface area contributed by atoms with Crippen molar-refractivity contribution in [3.8, 4) is 11.8 Å². The van der Waals surface area contributed by atoms with Crippen molar-refractivity contribution in [2.75, 3.05) is 45.3 Å². The van der Waals surface area contributed by atoms with E-state index in [0.717, 1.165) is 16.3 Å². The van der Waals surface area contributed by atoms with Crippen molar-refractivity contribution in [1.82, 2.24) is 20.5 Å². The summed E-state index contributed by atoms with van der Waals surface area (Å²) in [6, 6.07) is -1.39. The van der Waals surface area contributed by atoms with Crippen LogP contribution in [-0.2, 0) is 44.8 Å². The third kappa shape index (κ3) is 15.7. The monoisotopic (exact) mass is 635 g/mol. The Morgan fingerprint density at radius 3 is 2.19 bits per heavy atom. The van der Waals surface area contributed by atoms with E-state index in [9.17, 15) is 39.0 Å². The van der Waals surface area contributed by atoms with Gasteiger partial charge in [0, 0.05) is 37.8 Å². The molecule has 18 nitrogen and oxygen atoms in total. The Hall–Kier alpha value is -4.07. The number of rotatable bonds is 23. The molecule has 0 saturated heterocycles. The lowest BCUT2D eigenvalue weighted by atomic mass is 10.1. The highest BCUT2D eigenvalue weighted by Crippen LogP contribution is 2.35. The van der Waals surface area contributed by atoms with E-state index in [1.807, 2.05) is 0 Å². The first-order chi connectivity index (χ1) is 20.3. The van der Waals surface area contributed by atoms with Gasteiger partial charge >= 0.3 is 17.9 Å². The van der Waals surface area contributed by atoms with Crippen molar-refractivity contribution in [3.63, 3.8) is 0 Å². The SMILES string of the molecule is NC(CCC(=O)NC(CSc1cc(O)n(CCC(=O)NCCOCCOCCC(=O)O)c1O)C(=O)NCC(=O)O)C(=O)O. The Morgan fingerprint density at radius 2 is 1.56 bits per heavy atom. The molecule has 242 valence electrons. The van der Waals surface area contributed by atoms with Gasteiger partial charge in [0.2, 0.25) is 23.6 Å². The lowest BCUT2D eigenvalue weighted by Crippen LogP contribution is -2.49. The number of aliphatic carboxylic acids is 3. The Morgan fingerprint density at radius 1 is 0.884 bits per heavy atom. The average molecular weight is 636 g/mol. The predicted octanol–water partition coefficient (Wildman–Crippen LogP) is -2.12. The molecule has 0 aliphatic rings. The molecule has 0 radical (unpaired) electrons. The molecule has 2 unspecified atom stereocenters. The van der Waals surface area contributed by atoms with Crippen LogP contribution in [0.3, 0.4) is 0 Å². The van der Waals surface area contributed by atoms with Gasteiger partial charge in [-0.2, -0.15) is 0 Å². The number of carboxylic acids is 3. The van der Waals surface area contributed by atoms with E-state index in [4.69, 9.17) is 30.5 Å². The minimum atomic E-state index is -1.32. The van der Waals surface area contributed by atoms with E-state index in [1.165, 1.54) is 6.07 Å². The largest absolute Gasteiger partial charge is 0.494 e. The third-order valence-corrected chi connectivity index (χ3v) is 6.56. The number of carboxylic acid groups (broad SMARTS) is 3. The second-order valence-electron chi connectivity index (χ2n) is 8.84. The highest BCUT2D eigenvalue weighted by Gasteiger charge is 2.24. The van der Waals surface area contributed by atoms with Gasteiger partial charge in [-0.05, 0) is 6.42 Å². The Kier molecular flexibility index (Phi) is 17.1. The van der Waals surface area contributed by atoms with Gasteiger partial charge in [-0.25, -0.2) is 0 Å². The lowest BCUT2D eigenvalue weighted by Gasteiger charge is -2.18. The second-order valence-corrected chi connectivity index (χ2v) is 9.90. The summed E-state index contributed by atoms with van der Waals surface area (Å²) in [5.74, 6) is -6.55. The Bertz CT molecular complexity index is 1110. The van der Waals surface area contributed by atoms with E-state index in [0.29, 0.717) is 0 Å². The van der Waals surface area contributed by atoms with Crippen molar-refractivity contribution >= 4 is 47.4 Å². The zero-order valence-corrected chi connectivity index (χ0v) is 24.0. The normalized spacial score (nSPS) is 12.2. The first-order valence-electron chi connectivity index (χ1n) is 13.0. The van der Waals surface area contributed by atoms with E-state index < -0.39 is 60.1 Å². The number of thioether (sulfide) groups is 1. The minimum absolute atomic E-state index is 0.0692. The standard InChI is InChI=1S/C24H37N5O13S/c25-14(24(39)40)1-2-18(31)28-15(22(37)27-12-21(35)36)13-43-16-11-19(32)29(23(16)38)6-3-17(30)26-5-8-42-10-9-41-7-4-20(33)34/h11,14-15,32,38H,1-10,12-13,25H2,(H,26,30)(H,27,37)(H,28,31)(H,33,34)(H,35,36)(H,39,40). The molecule has 2 atom stereocenters. The van der Waals surface area contributed by atoms with Crippen molar-refractivity contribution in [3.05, 3.63) is 6.07 Å². The minimum Gasteiger partial charge on any atom is -0.494 e. The number of hydrogen-bond acceptors (Lipinski definition) is 12. The van der Waals surface area contributed by atoms with Crippen LogP contribution in [0.2, 0.25) is 0 Å². The van der Waals surface area contributed by atoms with E-state index in [2.05, 4.69) is 16.0 Å². The summed E-state index contributed by atoms with van der Waals surface area (Å²) in [4.78, 5) is 69.0. The maximum absolute atomic E-state index is 12.5. The highest BCUT2D eigenvalue weighted by atomic mass is 32.2. The van der Waals surface area contributed by atoms with Gasteiger partial charge < -0.3 is 56.7 Å². The van der Waals surface area contributed by atoms with E-state index in [1.54, 1.807) is 0 Å². The first-order valence-corrected chi connectivity index (χ1v) is 14.0. The summed E-state index contributed by atoms with van der Waals surface area (Å²) in [5.41, 5.74) is 5.38. The smallest absolute Gasteiger partial charge is 0.322 e. The van der Waals surface area contributed by atoms with Crippen molar-refractivity contribution in [2.24, 2.45) is 5.73 Å². The molecular weight excluding hydrogens is 598 g/mol. The van der Waals surface area contributed by atoms with Gasteiger partial charge in [-0.1, -0.05) is 0 Å². The molecule has 0 aliphatic heterocycles. The van der Waals surface area contributed by atoms with Crippen molar-refractivity contribution in [2.45, 2.75) is 49.2 Å². The van der Waals surface area contributed by atoms with Gasteiger partial charge in [0.05, 0.1) is 37.7 Å². The lowest BCUT2D eigenvalue weighted by molar-refractivity contribution is -0.139. The molecule has 0 saturated carbocycles. The predicted molar refractivity (Wildman–Crippen MR) is 147 cm³/mol. The molecule has 1 aromatic rings. The van der Waals surface area contributed by atoms with Crippen LogP contribution in [0.1, 0.15) is 25.7 Å². The molecule has 19 heteroatoms. The molecular formula is C24H37N5O13S. The Balaban J connectivity index is 2.59. The van der Waals surface area contributed by atoms with Gasteiger partial charge in [0.25, 0.3) is 0 Å². The first kappa shape index (κ1) is 37.0. The average Bonchev–Trinajstić information content (AvgIpc) is 3.21. The number of carbonyl (C=O) groups is 6. The maximum atomic E-state index is 12.5. The maximum Gasteiger partial charge on any atom is 0.322 e. The van der Waals surface area contributed by atoms with Crippen molar-refractivity contribution < 1.29 is 63.8 Å². The number of aromatic hydroxyl groups is 2. The number of carbonyl (C=O) groups excluding carboxylic acids is 3. The fourth-order valence-corrected chi connectivity index (χ4v) is 4.20. The van der Waals surface area contributed by atoms with Gasteiger partial charge in [0.1, 0.15) is 18.6 Å². The second kappa shape index (κ2) is 19.9. The zero-order valence-electron chi connectivity index (χ0n) is 23.2. The van der Waals surface area contributed by atoms with Crippen LogP contribution < -0.4 is 21.7 Å². The molecule has 43 heavy (non-hydrogen) atoms.